The lowest BCUT2D eigenvalue weighted by molar-refractivity contribution is 0.0705. The quantitative estimate of drug-likeness (QED) is 0.399. The van der Waals surface area contributed by atoms with Crippen molar-refractivity contribution in [1.29, 1.82) is 0 Å². The zero-order chi connectivity index (χ0) is 23.3. The largest absolute Gasteiger partial charge is 0.424 e. The lowest BCUT2D eigenvalue weighted by atomic mass is 9.93. The fourth-order valence-corrected chi connectivity index (χ4v) is 4.22. The van der Waals surface area contributed by atoms with Crippen LogP contribution in [0.4, 0.5) is 4.39 Å². The average Bonchev–Trinajstić information content (AvgIpc) is 2.89. The normalized spacial score (nSPS) is 15.7. The van der Waals surface area contributed by atoms with Crippen LogP contribution in [0.3, 0.4) is 0 Å². The number of nitrogens with zero attached hydrogens (tertiary/aromatic N) is 4. The van der Waals surface area contributed by atoms with Gasteiger partial charge in [-0.3, -0.25) is 9.78 Å². The van der Waals surface area contributed by atoms with Crippen LogP contribution >= 0.6 is 0 Å². The average molecular weight is 455 g/mol. The maximum atomic E-state index is 14.3. The van der Waals surface area contributed by atoms with E-state index in [1.807, 2.05) is 23.1 Å². The van der Waals surface area contributed by atoms with E-state index in [0.29, 0.717) is 35.7 Å². The summed E-state index contributed by atoms with van der Waals surface area (Å²) in [6.45, 7) is 1.23. The van der Waals surface area contributed by atoms with E-state index in [2.05, 4.69) is 9.97 Å². The van der Waals surface area contributed by atoms with Gasteiger partial charge in [-0.1, -0.05) is 24.3 Å². The smallest absolute Gasteiger partial charge is 0.321 e. The van der Waals surface area contributed by atoms with E-state index in [1.165, 1.54) is 6.07 Å². The second-order valence-electron chi connectivity index (χ2n) is 8.18. The fraction of sp³-hybridized carbons (Fsp3) is 0.185. The second-order valence-corrected chi connectivity index (χ2v) is 8.18. The van der Waals surface area contributed by atoms with Crippen LogP contribution in [0.5, 0.6) is 11.8 Å². The highest BCUT2D eigenvalue weighted by molar-refractivity contribution is 5.94. The summed E-state index contributed by atoms with van der Waals surface area (Å²) in [6.07, 6.45) is 4.99. The lowest BCUT2D eigenvalue weighted by Gasteiger charge is -2.32. The molecule has 170 valence electrons. The number of pyridine rings is 1. The first-order valence-corrected chi connectivity index (χ1v) is 11.2. The minimum absolute atomic E-state index is 0.0608. The van der Waals surface area contributed by atoms with E-state index in [9.17, 15) is 9.18 Å². The minimum Gasteiger partial charge on any atom is -0.424 e. The number of rotatable bonds is 5. The molecule has 0 bridgehead atoms. The summed E-state index contributed by atoms with van der Waals surface area (Å²) >= 11 is 0. The third-order valence-electron chi connectivity index (χ3n) is 5.88. The molecule has 3 heterocycles. The Bertz CT molecular complexity index is 1300. The van der Waals surface area contributed by atoms with Crippen LogP contribution in [0, 0.1) is 5.82 Å². The number of carbonyl (C=O) groups is 1. The predicted octanol–water partition coefficient (Wildman–Crippen LogP) is 5.49. The Morgan fingerprint density at radius 1 is 0.971 bits per heavy atom. The van der Waals surface area contributed by atoms with Gasteiger partial charge in [0.1, 0.15) is 11.6 Å². The number of hydrogen-bond donors (Lipinski definition) is 0. The van der Waals surface area contributed by atoms with Gasteiger partial charge < -0.3 is 9.64 Å². The molecule has 0 unspecified atom stereocenters. The molecule has 1 amide bonds. The molecule has 1 fully saturated rings. The van der Waals surface area contributed by atoms with Gasteiger partial charge in [-0.2, -0.15) is 0 Å². The van der Waals surface area contributed by atoms with Gasteiger partial charge in [-0.05, 0) is 61.4 Å². The minimum atomic E-state index is -0.296. The molecule has 7 heteroatoms. The number of piperidine rings is 1. The Hall–Kier alpha value is -4.13. The van der Waals surface area contributed by atoms with Crippen LogP contribution in [0.2, 0.25) is 0 Å². The Balaban J connectivity index is 1.32. The van der Waals surface area contributed by atoms with E-state index in [0.717, 1.165) is 18.5 Å². The lowest BCUT2D eigenvalue weighted by Crippen LogP contribution is -2.39. The van der Waals surface area contributed by atoms with Crippen molar-refractivity contribution in [2.75, 3.05) is 13.1 Å². The van der Waals surface area contributed by atoms with E-state index in [1.54, 1.807) is 60.9 Å². The van der Waals surface area contributed by atoms with Crippen LogP contribution in [-0.2, 0) is 0 Å². The van der Waals surface area contributed by atoms with Gasteiger partial charge in [-0.25, -0.2) is 14.4 Å². The summed E-state index contributed by atoms with van der Waals surface area (Å²) in [5, 5.41) is 0. The molecule has 5 rings (SSSR count). The van der Waals surface area contributed by atoms with Gasteiger partial charge in [0, 0.05) is 48.2 Å². The molecule has 6 nitrogen and oxygen atoms in total. The molecule has 1 atom stereocenters. The van der Waals surface area contributed by atoms with Gasteiger partial charge in [-0.15, -0.1) is 0 Å². The molecule has 0 radical (unpaired) electrons. The molecule has 2 aromatic carbocycles. The van der Waals surface area contributed by atoms with E-state index >= 15 is 0 Å². The first-order chi connectivity index (χ1) is 16.7. The molecule has 34 heavy (non-hydrogen) atoms. The van der Waals surface area contributed by atoms with Crippen molar-refractivity contribution in [2.45, 2.75) is 18.8 Å². The van der Waals surface area contributed by atoms with Crippen LogP contribution in [-0.4, -0.2) is 38.8 Å². The Kier molecular flexibility index (Phi) is 6.25. The molecule has 0 N–H and O–H groups in total. The fourth-order valence-electron chi connectivity index (χ4n) is 4.22. The standard InChI is InChI=1S/C27H23FN4O2/c28-23-11-2-1-10-22(23)25-13-4-12-24(31-25)20-8-5-16-32(18-20)26(33)19-7-3-9-21(17-19)34-27-29-14-6-15-30-27/h1-4,6-7,9-15,17,20H,5,8,16,18H2/t20-/m0/s1. The summed E-state index contributed by atoms with van der Waals surface area (Å²) < 4.78 is 19.9. The molecule has 0 saturated carbocycles. The summed E-state index contributed by atoms with van der Waals surface area (Å²) in [5.41, 5.74) is 2.50. The first-order valence-electron chi connectivity index (χ1n) is 11.2. The zero-order valence-electron chi connectivity index (χ0n) is 18.5. The molecule has 4 aromatic rings. The van der Waals surface area contributed by atoms with Gasteiger partial charge in [0.15, 0.2) is 0 Å². The third-order valence-corrected chi connectivity index (χ3v) is 5.88. The highest BCUT2D eigenvalue weighted by atomic mass is 19.1. The SMILES string of the molecule is O=C(c1cccc(Oc2ncccn2)c1)N1CCC[C@H](c2cccc(-c3ccccc3F)n2)C1. The van der Waals surface area contributed by atoms with E-state index in [4.69, 9.17) is 9.72 Å². The highest BCUT2D eigenvalue weighted by Gasteiger charge is 2.27. The van der Waals surface area contributed by atoms with Crippen molar-refractivity contribution >= 4 is 5.91 Å². The Morgan fingerprint density at radius 3 is 2.65 bits per heavy atom. The number of benzene rings is 2. The predicted molar refractivity (Wildman–Crippen MR) is 126 cm³/mol. The summed E-state index contributed by atoms with van der Waals surface area (Å²) in [5.74, 6) is 0.233. The topological polar surface area (TPSA) is 68.2 Å². The van der Waals surface area contributed by atoms with E-state index in [-0.39, 0.29) is 23.7 Å². The number of likely N-dealkylation sites (tertiary alicyclic amines) is 1. The van der Waals surface area contributed by atoms with E-state index < -0.39 is 0 Å². The maximum absolute atomic E-state index is 14.3. The van der Waals surface area contributed by atoms with Crippen LogP contribution in [0.15, 0.2) is 85.2 Å². The molecule has 0 aliphatic carbocycles. The zero-order valence-corrected chi connectivity index (χ0v) is 18.5. The van der Waals surface area contributed by atoms with Crippen LogP contribution in [0.1, 0.15) is 34.8 Å². The molecular weight excluding hydrogens is 431 g/mol. The maximum Gasteiger partial charge on any atom is 0.321 e. The van der Waals surface area contributed by atoms with Gasteiger partial charge in [0.25, 0.3) is 5.91 Å². The molecule has 0 spiro atoms. The van der Waals surface area contributed by atoms with Gasteiger partial charge in [0.05, 0.1) is 5.69 Å². The van der Waals surface area contributed by atoms with Crippen molar-refractivity contribution in [2.24, 2.45) is 0 Å². The van der Waals surface area contributed by atoms with Crippen LogP contribution in [0.25, 0.3) is 11.3 Å². The monoisotopic (exact) mass is 454 g/mol. The Morgan fingerprint density at radius 2 is 1.79 bits per heavy atom. The van der Waals surface area contributed by atoms with Crippen molar-refractivity contribution in [3.8, 4) is 23.0 Å². The van der Waals surface area contributed by atoms with Crippen molar-refractivity contribution in [3.63, 3.8) is 0 Å². The number of halogens is 1. The molecule has 1 aliphatic rings. The summed E-state index contributed by atoms with van der Waals surface area (Å²) in [7, 11) is 0. The summed E-state index contributed by atoms with van der Waals surface area (Å²) in [6, 6.07) is 21.3. The Labute approximate surface area is 197 Å². The molecule has 2 aromatic heterocycles. The molecule has 1 saturated heterocycles. The number of hydrogen-bond acceptors (Lipinski definition) is 5. The number of ether oxygens (including phenoxy) is 1. The van der Waals surface area contributed by atoms with Crippen LogP contribution < -0.4 is 4.74 Å². The first kappa shape index (κ1) is 21.7. The molecular formula is C27H23FN4O2. The van der Waals surface area contributed by atoms with Crippen molar-refractivity contribution < 1.29 is 13.9 Å². The number of carbonyl (C=O) groups excluding carboxylic acids is 1. The van der Waals surface area contributed by atoms with Crippen molar-refractivity contribution in [1.82, 2.24) is 19.9 Å². The highest BCUT2D eigenvalue weighted by Crippen LogP contribution is 2.29. The van der Waals surface area contributed by atoms with Crippen molar-refractivity contribution in [3.05, 3.63) is 102 Å². The third kappa shape index (κ3) is 4.78. The second kappa shape index (κ2) is 9.79. The summed E-state index contributed by atoms with van der Waals surface area (Å²) in [4.78, 5) is 28.0. The molecule has 1 aliphatic heterocycles. The number of aromatic nitrogens is 3. The van der Waals surface area contributed by atoms with Gasteiger partial charge >= 0.3 is 6.01 Å². The van der Waals surface area contributed by atoms with Gasteiger partial charge in [0.2, 0.25) is 0 Å². The number of amides is 1.